The molecule has 172 valence electrons. The maximum absolute atomic E-state index is 13.7. The van der Waals surface area contributed by atoms with E-state index < -0.39 is 11.9 Å². The van der Waals surface area contributed by atoms with Crippen molar-refractivity contribution >= 4 is 11.8 Å². The standard InChI is InChI=1S/C27H28FNO4/c1-4-13-33-27(31)24-16(2)29-21-14-18(20-7-5-6-8-23(20)32-3)15-22(30)26(21)25(24)17-9-11-19(28)12-10-17/h5-12,18,25,29H,4,13-15H2,1-3H3/t18-,25-/m1/s1. The van der Waals surface area contributed by atoms with Crippen LogP contribution in [-0.4, -0.2) is 25.5 Å². The van der Waals surface area contributed by atoms with E-state index in [0.717, 1.165) is 17.0 Å². The first kappa shape index (κ1) is 22.8. The second-order valence-electron chi connectivity index (χ2n) is 8.45. The number of hydrogen-bond donors (Lipinski definition) is 1. The van der Waals surface area contributed by atoms with Crippen LogP contribution in [0.25, 0.3) is 0 Å². The molecule has 1 aliphatic carbocycles. The average Bonchev–Trinajstić information content (AvgIpc) is 2.82. The van der Waals surface area contributed by atoms with Crippen LogP contribution in [0, 0.1) is 5.82 Å². The van der Waals surface area contributed by atoms with E-state index in [4.69, 9.17) is 9.47 Å². The molecule has 0 fully saturated rings. The number of dihydropyridines is 1. The van der Waals surface area contributed by atoms with E-state index >= 15 is 0 Å². The van der Waals surface area contributed by atoms with Gasteiger partial charge in [-0.15, -0.1) is 0 Å². The molecule has 0 radical (unpaired) electrons. The van der Waals surface area contributed by atoms with E-state index in [1.54, 1.807) is 19.2 Å². The first-order valence-electron chi connectivity index (χ1n) is 11.2. The number of esters is 1. The van der Waals surface area contributed by atoms with Gasteiger partial charge in [-0.3, -0.25) is 4.79 Å². The zero-order valence-corrected chi connectivity index (χ0v) is 19.1. The molecule has 5 nitrogen and oxygen atoms in total. The third kappa shape index (κ3) is 4.42. The average molecular weight is 450 g/mol. The SMILES string of the molecule is CCCOC(=O)C1=C(C)NC2=C(C(=O)C[C@H](c3ccccc3OC)C2)[C@@H]1c1ccc(F)cc1. The summed E-state index contributed by atoms with van der Waals surface area (Å²) in [6.45, 7) is 4.04. The predicted molar refractivity (Wildman–Crippen MR) is 123 cm³/mol. The van der Waals surface area contributed by atoms with Crippen LogP contribution in [-0.2, 0) is 14.3 Å². The van der Waals surface area contributed by atoms with Crippen LogP contribution in [0.1, 0.15) is 56.1 Å². The number of methoxy groups -OCH3 is 1. The fourth-order valence-corrected chi connectivity index (χ4v) is 4.79. The third-order valence-electron chi connectivity index (χ3n) is 6.27. The van der Waals surface area contributed by atoms with Crippen LogP contribution in [0.15, 0.2) is 71.1 Å². The van der Waals surface area contributed by atoms with Crippen molar-refractivity contribution in [3.05, 3.63) is 88.0 Å². The van der Waals surface area contributed by atoms with Crippen LogP contribution >= 0.6 is 0 Å². The van der Waals surface area contributed by atoms with Crippen molar-refractivity contribution in [1.82, 2.24) is 5.32 Å². The largest absolute Gasteiger partial charge is 0.496 e. The number of carbonyl (C=O) groups is 2. The number of para-hydroxylation sites is 1. The van der Waals surface area contributed by atoms with Gasteiger partial charge in [0.05, 0.1) is 19.3 Å². The fraction of sp³-hybridized carbons (Fsp3) is 0.333. The van der Waals surface area contributed by atoms with Crippen LogP contribution in [0.3, 0.4) is 0 Å². The van der Waals surface area contributed by atoms with Gasteiger partial charge in [0.1, 0.15) is 11.6 Å². The van der Waals surface area contributed by atoms with E-state index in [9.17, 15) is 14.0 Å². The summed E-state index contributed by atoms with van der Waals surface area (Å²) in [5.74, 6) is -0.762. The molecule has 6 heteroatoms. The minimum absolute atomic E-state index is 0.0396. The van der Waals surface area contributed by atoms with Crippen molar-refractivity contribution in [3.8, 4) is 5.75 Å². The molecular formula is C27H28FNO4. The molecule has 0 amide bonds. The van der Waals surface area contributed by atoms with E-state index in [0.29, 0.717) is 48.3 Å². The van der Waals surface area contributed by atoms with Gasteiger partial charge in [-0.25, -0.2) is 9.18 Å². The van der Waals surface area contributed by atoms with Gasteiger partial charge in [0.25, 0.3) is 0 Å². The number of nitrogens with one attached hydrogen (secondary N) is 1. The summed E-state index contributed by atoms with van der Waals surface area (Å²) in [6.07, 6.45) is 1.60. The van der Waals surface area contributed by atoms with Gasteiger partial charge in [0, 0.05) is 35.2 Å². The second kappa shape index (κ2) is 9.61. The van der Waals surface area contributed by atoms with Gasteiger partial charge in [-0.1, -0.05) is 37.3 Å². The lowest BCUT2D eigenvalue weighted by Crippen LogP contribution is -2.36. The van der Waals surface area contributed by atoms with Gasteiger partial charge in [0.15, 0.2) is 5.78 Å². The zero-order chi connectivity index (χ0) is 23.5. The molecule has 1 aliphatic heterocycles. The molecule has 33 heavy (non-hydrogen) atoms. The molecule has 0 aromatic heterocycles. The molecule has 0 spiro atoms. The Bertz CT molecular complexity index is 1130. The van der Waals surface area contributed by atoms with Crippen molar-refractivity contribution in [2.45, 2.75) is 44.9 Å². The molecule has 1 heterocycles. The first-order valence-corrected chi connectivity index (χ1v) is 11.2. The van der Waals surface area contributed by atoms with Gasteiger partial charge in [-0.2, -0.15) is 0 Å². The number of benzene rings is 2. The normalized spacial score (nSPS) is 20.3. The van der Waals surface area contributed by atoms with Crippen molar-refractivity contribution in [1.29, 1.82) is 0 Å². The van der Waals surface area contributed by atoms with E-state index in [1.807, 2.05) is 38.1 Å². The van der Waals surface area contributed by atoms with Crippen molar-refractivity contribution in [2.75, 3.05) is 13.7 Å². The van der Waals surface area contributed by atoms with Gasteiger partial charge < -0.3 is 14.8 Å². The van der Waals surface area contributed by atoms with Crippen LogP contribution in [0.5, 0.6) is 5.75 Å². The lowest BCUT2D eigenvalue weighted by atomic mass is 9.71. The predicted octanol–water partition coefficient (Wildman–Crippen LogP) is 5.15. The summed E-state index contributed by atoms with van der Waals surface area (Å²) in [5, 5.41) is 3.33. The molecule has 4 rings (SSSR count). The van der Waals surface area contributed by atoms with Crippen LogP contribution in [0.2, 0.25) is 0 Å². The van der Waals surface area contributed by atoms with Crippen LogP contribution in [0.4, 0.5) is 4.39 Å². The highest BCUT2D eigenvalue weighted by molar-refractivity contribution is 6.04. The number of hydrogen-bond acceptors (Lipinski definition) is 5. The van der Waals surface area contributed by atoms with Crippen molar-refractivity contribution < 1.29 is 23.5 Å². The highest BCUT2D eigenvalue weighted by Gasteiger charge is 2.41. The molecule has 2 aromatic carbocycles. The minimum Gasteiger partial charge on any atom is -0.496 e. The minimum atomic E-state index is -0.600. The Balaban J connectivity index is 1.78. The molecule has 2 atom stereocenters. The summed E-state index contributed by atoms with van der Waals surface area (Å²) in [7, 11) is 1.62. The molecule has 2 aromatic rings. The van der Waals surface area contributed by atoms with E-state index in [2.05, 4.69) is 5.32 Å². The summed E-state index contributed by atoms with van der Waals surface area (Å²) in [4.78, 5) is 26.6. The number of Topliss-reactive ketones (excluding diaryl/α,β-unsaturated/α-hetero) is 1. The van der Waals surface area contributed by atoms with E-state index in [-0.39, 0.29) is 17.5 Å². The maximum atomic E-state index is 13.7. The monoisotopic (exact) mass is 449 g/mol. The smallest absolute Gasteiger partial charge is 0.336 e. The Kier molecular flexibility index (Phi) is 6.63. The maximum Gasteiger partial charge on any atom is 0.336 e. The number of ketones is 1. The Morgan fingerprint density at radius 1 is 1.12 bits per heavy atom. The van der Waals surface area contributed by atoms with Gasteiger partial charge in [0.2, 0.25) is 0 Å². The van der Waals surface area contributed by atoms with E-state index in [1.165, 1.54) is 12.1 Å². The lowest BCUT2D eigenvalue weighted by Gasteiger charge is -2.37. The fourth-order valence-electron chi connectivity index (χ4n) is 4.79. The Hall–Kier alpha value is -3.41. The molecular weight excluding hydrogens is 421 g/mol. The number of rotatable bonds is 6. The zero-order valence-electron chi connectivity index (χ0n) is 19.1. The van der Waals surface area contributed by atoms with Gasteiger partial charge in [-0.05, 0) is 49.1 Å². The third-order valence-corrected chi connectivity index (χ3v) is 6.27. The second-order valence-corrected chi connectivity index (χ2v) is 8.45. The van der Waals surface area contributed by atoms with Crippen molar-refractivity contribution in [2.24, 2.45) is 0 Å². The number of carbonyl (C=O) groups excluding carboxylic acids is 2. The lowest BCUT2D eigenvalue weighted by molar-refractivity contribution is -0.139. The summed E-state index contributed by atoms with van der Waals surface area (Å²) in [6, 6.07) is 13.7. The number of halogens is 1. The first-order chi connectivity index (χ1) is 15.9. The topological polar surface area (TPSA) is 64.6 Å². The van der Waals surface area contributed by atoms with Crippen LogP contribution < -0.4 is 10.1 Å². The molecule has 0 saturated heterocycles. The molecule has 0 unspecified atom stereocenters. The molecule has 1 N–H and O–H groups in total. The highest BCUT2D eigenvalue weighted by Crippen LogP contribution is 2.46. The summed E-state index contributed by atoms with van der Waals surface area (Å²) < 4.78 is 24.6. The van der Waals surface area contributed by atoms with Gasteiger partial charge >= 0.3 is 5.97 Å². The Morgan fingerprint density at radius 3 is 2.55 bits per heavy atom. The molecule has 0 bridgehead atoms. The number of ether oxygens (including phenoxy) is 2. The highest BCUT2D eigenvalue weighted by atomic mass is 19.1. The quantitative estimate of drug-likeness (QED) is 0.618. The molecule has 0 saturated carbocycles. The number of allylic oxidation sites excluding steroid dienone is 3. The summed E-state index contributed by atoms with van der Waals surface area (Å²) >= 11 is 0. The van der Waals surface area contributed by atoms with Crippen molar-refractivity contribution in [3.63, 3.8) is 0 Å². The Labute approximate surface area is 193 Å². The molecule has 2 aliphatic rings. The Morgan fingerprint density at radius 2 is 1.85 bits per heavy atom. The summed E-state index contributed by atoms with van der Waals surface area (Å²) in [5.41, 5.74) is 4.07.